The van der Waals surface area contributed by atoms with Gasteiger partial charge in [0, 0.05) is 11.6 Å². The normalized spacial score (nSPS) is 25.9. The molecule has 1 aliphatic rings. The van der Waals surface area contributed by atoms with E-state index >= 15 is 0 Å². The lowest BCUT2D eigenvalue weighted by Gasteiger charge is -2.40. The van der Waals surface area contributed by atoms with Gasteiger partial charge < -0.3 is 34.5 Å². The van der Waals surface area contributed by atoms with Gasteiger partial charge >= 0.3 is 0 Å². The van der Waals surface area contributed by atoms with Crippen molar-refractivity contribution in [3.63, 3.8) is 0 Å². The van der Waals surface area contributed by atoms with Gasteiger partial charge in [0.15, 0.2) is 6.23 Å². The smallest absolute Gasteiger partial charge is 0.163 e. The van der Waals surface area contributed by atoms with Crippen LogP contribution in [0, 0.1) is 0 Å². The maximum Gasteiger partial charge on any atom is 0.163 e. The Morgan fingerprint density at radius 1 is 1.00 bits per heavy atom. The van der Waals surface area contributed by atoms with Crippen LogP contribution in [0.1, 0.15) is 17.4 Å². The number of alkyl halides is 1. The third kappa shape index (κ3) is 4.47. The number of nitrogens with zero attached hydrogens (tertiary/aromatic N) is 1. The molecule has 0 saturated carbocycles. The lowest BCUT2D eigenvalue weighted by molar-refractivity contribution is -0.250. The van der Waals surface area contributed by atoms with Crippen LogP contribution in [0.4, 0.5) is 0 Å². The van der Waals surface area contributed by atoms with Crippen LogP contribution in [0.2, 0.25) is 5.02 Å². The number of aliphatic hydroxyl groups is 4. The Kier molecular flexibility index (Phi) is 7.27. The van der Waals surface area contributed by atoms with Gasteiger partial charge in [0.1, 0.15) is 36.8 Å². The standard InChI is InChI=1S/C23H25Cl2NO6/c24-8-9-31-15-6-4-13(5-7-15)10-14-11-26(17-3-1-2-16(25)19(14)17)23-22(30)21(29)20(28)18(12-27)32-23/h1-7,11,18,20-23,27-30H,8-10,12H2/t18-,20-,21+,22-,23-/m1/s1. The highest BCUT2D eigenvalue weighted by Crippen LogP contribution is 2.36. The summed E-state index contributed by atoms with van der Waals surface area (Å²) in [5, 5.41) is 41.8. The van der Waals surface area contributed by atoms with Crippen LogP contribution < -0.4 is 4.74 Å². The maximum absolute atomic E-state index is 10.6. The van der Waals surface area contributed by atoms with Gasteiger partial charge in [0.2, 0.25) is 0 Å². The summed E-state index contributed by atoms with van der Waals surface area (Å²) in [7, 11) is 0. The van der Waals surface area contributed by atoms with Crippen LogP contribution in [0.25, 0.3) is 10.9 Å². The molecule has 1 fully saturated rings. The monoisotopic (exact) mass is 481 g/mol. The van der Waals surface area contributed by atoms with Crippen molar-refractivity contribution in [2.24, 2.45) is 0 Å². The van der Waals surface area contributed by atoms with Gasteiger partial charge in [0.25, 0.3) is 0 Å². The SMILES string of the molecule is OC[C@H]1O[C@@H](n2cc(Cc3ccc(OCCCl)cc3)c3c(Cl)cccc32)[C@H](O)[C@@H](O)[C@@H]1O. The molecule has 4 rings (SSSR count). The van der Waals surface area contributed by atoms with Gasteiger partial charge in [0.05, 0.1) is 23.0 Å². The van der Waals surface area contributed by atoms with E-state index in [-0.39, 0.29) is 0 Å². The molecule has 0 radical (unpaired) electrons. The van der Waals surface area contributed by atoms with Crippen LogP contribution in [0.5, 0.6) is 5.75 Å². The van der Waals surface area contributed by atoms with Crippen molar-refractivity contribution in [3.05, 3.63) is 64.8 Å². The molecule has 2 heterocycles. The second-order valence-corrected chi connectivity index (χ2v) is 8.56. The number of halogens is 2. The van der Waals surface area contributed by atoms with Crippen molar-refractivity contribution >= 4 is 34.1 Å². The first-order valence-corrected chi connectivity index (χ1v) is 11.2. The van der Waals surface area contributed by atoms with Crippen LogP contribution in [-0.4, -0.2) is 68.5 Å². The highest BCUT2D eigenvalue weighted by atomic mass is 35.5. The largest absolute Gasteiger partial charge is 0.492 e. The Hall–Kier alpha value is -1.84. The molecule has 2 aromatic carbocycles. The molecule has 0 amide bonds. The zero-order valence-electron chi connectivity index (χ0n) is 17.1. The average Bonchev–Trinajstić information content (AvgIpc) is 3.16. The van der Waals surface area contributed by atoms with E-state index in [0.717, 1.165) is 22.3 Å². The molecule has 1 aliphatic heterocycles. The van der Waals surface area contributed by atoms with Crippen molar-refractivity contribution in [3.8, 4) is 5.75 Å². The molecule has 0 aliphatic carbocycles. The van der Waals surface area contributed by atoms with Crippen LogP contribution >= 0.6 is 23.2 Å². The molecule has 1 saturated heterocycles. The topological polar surface area (TPSA) is 104 Å². The summed E-state index contributed by atoms with van der Waals surface area (Å²) in [6.07, 6.45) is -3.91. The number of ether oxygens (including phenoxy) is 2. The number of fused-ring (bicyclic) bond motifs is 1. The third-order valence-corrected chi connectivity index (χ3v) is 6.16. The minimum absolute atomic E-state index is 0.414. The van der Waals surface area contributed by atoms with Gasteiger partial charge in [-0.05, 0) is 41.8 Å². The summed E-state index contributed by atoms with van der Waals surface area (Å²) < 4.78 is 13.0. The molecule has 4 N–H and O–H groups in total. The fourth-order valence-corrected chi connectivity index (χ4v) is 4.45. The minimum atomic E-state index is -1.47. The number of hydrogen-bond acceptors (Lipinski definition) is 6. The molecule has 7 nitrogen and oxygen atoms in total. The fourth-order valence-electron chi connectivity index (χ4n) is 4.08. The van der Waals surface area contributed by atoms with E-state index in [4.69, 9.17) is 32.7 Å². The molecule has 0 spiro atoms. The van der Waals surface area contributed by atoms with Crippen molar-refractivity contribution in [2.75, 3.05) is 19.1 Å². The summed E-state index contributed by atoms with van der Waals surface area (Å²) in [6.45, 7) is -0.0600. The Bertz CT molecular complexity index is 1050. The van der Waals surface area contributed by atoms with Crippen molar-refractivity contribution in [2.45, 2.75) is 37.1 Å². The molecule has 5 atom stereocenters. The zero-order valence-corrected chi connectivity index (χ0v) is 18.7. The lowest BCUT2D eigenvalue weighted by atomic mass is 9.98. The Morgan fingerprint density at radius 2 is 1.75 bits per heavy atom. The van der Waals surface area contributed by atoms with Gasteiger partial charge in [-0.3, -0.25) is 0 Å². The second-order valence-electron chi connectivity index (χ2n) is 7.77. The second kappa shape index (κ2) is 9.97. The minimum Gasteiger partial charge on any atom is -0.492 e. The number of hydrogen-bond donors (Lipinski definition) is 4. The van der Waals surface area contributed by atoms with Crippen LogP contribution in [0.3, 0.4) is 0 Å². The summed E-state index contributed by atoms with van der Waals surface area (Å²) in [5.74, 6) is 1.15. The van der Waals surface area contributed by atoms with E-state index < -0.39 is 37.3 Å². The van der Waals surface area contributed by atoms with Crippen LogP contribution in [-0.2, 0) is 11.2 Å². The highest BCUT2D eigenvalue weighted by Gasteiger charge is 2.44. The summed E-state index contributed by atoms with van der Waals surface area (Å²) in [6, 6.07) is 13.1. The number of rotatable bonds is 7. The van der Waals surface area contributed by atoms with E-state index in [1.807, 2.05) is 36.5 Å². The molecular formula is C23H25Cl2NO6. The Balaban J connectivity index is 1.69. The Morgan fingerprint density at radius 3 is 2.44 bits per heavy atom. The van der Waals surface area contributed by atoms with Gasteiger partial charge in [-0.15, -0.1) is 11.6 Å². The van der Waals surface area contributed by atoms with Gasteiger partial charge in [-0.2, -0.15) is 0 Å². The van der Waals surface area contributed by atoms with E-state index in [1.54, 1.807) is 16.7 Å². The molecule has 1 aromatic heterocycles. The van der Waals surface area contributed by atoms with E-state index in [1.165, 1.54) is 0 Å². The van der Waals surface area contributed by atoms with Gasteiger partial charge in [-0.1, -0.05) is 29.8 Å². The first kappa shape index (κ1) is 23.3. The molecule has 3 aromatic rings. The fraction of sp³-hybridized carbons (Fsp3) is 0.391. The predicted octanol–water partition coefficient (Wildman–Crippen LogP) is 2.48. The Labute approximate surface area is 195 Å². The number of aromatic nitrogens is 1. The number of aliphatic hydroxyl groups excluding tert-OH is 4. The summed E-state index contributed by atoms with van der Waals surface area (Å²) in [5.41, 5.74) is 2.63. The average molecular weight is 482 g/mol. The van der Waals surface area contributed by atoms with E-state index in [0.29, 0.717) is 29.4 Å². The highest BCUT2D eigenvalue weighted by molar-refractivity contribution is 6.35. The van der Waals surface area contributed by atoms with Crippen LogP contribution in [0.15, 0.2) is 48.7 Å². The maximum atomic E-state index is 10.6. The molecule has 32 heavy (non-hydrogen) atoms. The first-order chi connectivity index (χ1) is 15.4. The predicted molar refractivity (Wildman–Crippen MR) is 121 cm³/mol. The van der Waals surface area contributed by atoms with Crippen molar-refractivity contribution < 1.29 is 29.9 Å². The van der Waals surface area contributed by atoms with Crippen molar-refractivity contribution in [1.29, 1.82) is 0 Å². The van der Waals surface area contributed by atoms with E-state index in [9.17, 15) is 20.4 Å². The van der Waals surface area contributed by atoms with Gasteiger partial charge in [-0.25, -0.2) is 0 Å². The lowest BCUT2D eigenvalue weighted by Crippen LogP contribution is -2.56. The number of benzene rings is 2. The molecule has 172 valence electrons. The molecule has 9 heteroatoms. The quantitative estimate of drug-likeness (QED) is 0.386. The van der Waals surface area contributed by atoms with Crippen molar-refractivity contribution in [1.82, 2.24) is 4.57 Å². The first-order valence-electron chi connectivity index (χ1n) is 10.3. The summed E-state index contributed by atoms with van der Waals surface area (Å²) in [4.78, 5) is 0. The summed E-state index contributed by atoms with van der Waals surface area (Å²) >= 11 is 12.2. The molecule has 0 bridgehead atoms. The van der Waals surface area contributed by atoms with E-state index in [2.05, 4.69) is 0 Å². The molecule has 0 unspecified atom stereocenters. The zero-order chi connectivity index (χ0) is 22.8. The third-order valence-electron chi connectivity index (χ3n) is 5.69. The molecular weight excluding hydrogens is 457 g/mol.